The fourth-order valence-corrected chi connectivity index (χ4v) is 2.92. The predicted octanol–water partition coefficient (Wildman–Crippen LogP) is -0.646. The van der Waals surface area contributed by atoms with Crippen LogP contribution < -0.4 is 10.6 Å². The highest BCUT2D eigenvalue weighted by Crippen LogP contribution is 2.33. The maximum atomic E-state index is 12.4. The number of carbonyl (C=O) groups is 4. The van der Waals surface area contributed by atoms with E-state index in [0.717, 1.165) is 10.6 Å². The smallest absolute Gasteiger partial charge is 0.262 e. The Bertz CT molecular complexity index is 632. The molecule has 0 aromatic carbocycles. The van der Waals surface area contributed by atoms with E-state index in [4.69, 9.17) is 0 Å². The fraction of sp³-hybridized carbons (Fsp3) is 0.429. The van der Waals surface area contributed by atoms with Gasteiger partial charge in [-0.1, -0.05) is 0 Å². The molecule has 21 heavy (non-hydrogen) atoms. The quantitative estimate of drug-likeness (QED) is 0.659. The summed E-state index contributed by atoms with van der Waals surface area (Å²) < 4.78 is 0. The van der Waals surface area contributed by atoms with E-state index >= 15 is 0 Å². The van der Waals surface area contributed by atoms with Crippen molar-refractivity contribution in [3.05, 3.63) is 22.9 Å². The first-order chi connectivity index (χ1) is 10.0. The van der Waals surface area contributed by atoms with Crippen molar-refractivity contribution < 1.29 is 19.2 Å². The van der Waals surface area contributed by atoms with Gasteiger partial charge in [-0.2, -0.15) is 0 Å². The van der Waals surface area contributed by atoms with Gasteiger partial charge in [-0.25, -0.2) is 0 Å². The van der Waals surface area contributed by atoms with E-state index in [-0.39, 0.29) is 18.7 Å². The third kappa shape index (κ3) is 2.05. The molecule has 2 N–H and O–H groups in total. The Morgan fingerprint density at radius 2 is 1.90 bits per heavy atom. The van der Waals surface area contributed by atoms with Crippen molar-refractivity contribution in [1.82, 2.24) is 15.5 Å². The summed E-state index contributed by atoms with van der Waals surface area (Å²) in [7, 11) is 1.76. The molecular formula is C14H15N3O4. The SMILES string of the molecule is CNC1=CC2=C(CC1)C(=O)N(C1CCC(=O)NC1=O)C2=O. The average molecular weight is 289 g/mol. The largest absolute Gasteiger partial charge is 0.391 e. The Morgan fingerprint density at radius 1 is 1.14 bits per heavy atom. The van der Waals surface area contributed by atoms with E-state index < -0.39 is 23.8 Å². The number of hydrogen-bond donors (Lipinski definition) is 2. The number of carbonyl (C=O) groups excluding carboxylic acids is 4. The summed E-state index contributed by atoms with van der Waals surface area (Å²) in [6.07, 6.45) is 3.14. The summed E-state index contributed by atoms with van der Waals surface area (Å²) >= 11 is 0. The highest BCUT2D eigenvalue weighted by molar-refractivity contribution is 6.23. The van der Waals surface area contributed by atoms with Crippen molar-refractivity contribution in [3.8, 4) is 0 Å². The van der Waals surface area contributed by atoms with Crippen LogP contribution in [0.2, 0.25) is 0 Å². The maximum Gasteiger partial charge on any atom is 0.262 e. The summed E-state index contributed by atoms with van der Waals surface area (Å²) in [5, 5.41) is 5.16. The summed E-state index contributed by atoms with van der Waals surface area (Å²) in [4.78, 5) is 48.9. The van der Waals surface area contributed by atoms with Crippen LogP contribution >= 0.6 is 0 Å². The van der Waals surface area contributed by atoms with Crippen LogP contribution in [0.4, 0.5) is 0 Å². The second-order valence-electron chi connectivity index (χ2n) is 5.26. The number of imide groups is 2. The third-order valence-corrected chi connectivity index (χ3v) is 4.06. The van der Waals surface area contributed by atoms with Gasteiger partial charge in [-0.15, -0.1) is 0 Å². The molecule has 7 nitrogen and oxygen atoms in total. The van der Waals surface area contributed by atoms with E-state index in [1.54, 1.807) is 13.1 Å². The predicted molar refractivity (Wildman–Crippen MR) is 71.4 cm³/mol. The average Bonchev–Trinajstić information content (AvgIpc) is 2.71. The Hall–Kier alpha value is -2.44. The Balaban J connectivity index is 1.89. The van der Waals surface area contributed by atoms with E-state index in [1.165, 1.54) is 0 Å². The van der Waals surface area contributed by atoms with Crippen LogP contribution in [0.25, 0.3) is 0 Å². The molecule has 1 aliphatic carbocycles. The van der Waals surface area contributed by atoms with Crippen molar-refractivity contribution in [1.29, 1.82) is 0 Å². The number of hydrogen-bond acceptors (Lipinski definition) is 5. The minimum absolute atomic E-state index is 0.135. The number of nitrogens with one attached hydrogen (secondary N) is 2. The molecule has 2 aliphatic heterocycles. The van der Waals surface area contributed by atoms with Crippen LogP contribution in [0, 0.1) is 0 Å². The van der Waals surface area contributed by atoms with Gasteiger partial charge >= 0.3 is 0 Å². The summed E-state index contributed by atoms with van der Waals surface area (Å²) in [5.74, 6) is -1.80. The number of rotatable bonds is 2. The first-order valence-corrected chi connectivity index (χ1v) is 6.86. The molecule has 1 atom stereocenters. The monoisotopic (exact) mass is 289 g/mol. The first-order valence-electron chi connectivity index (χ1n) is 6.86. The molecule has 0 radical (unpaired) electrons. The Morgan fingerprint density at radius 3 is 2.57 bits per heavy atom. The summed E-state index contributed by atoms with van der Waals surface area (Å²) in [6.45, 7) is 0. The Labute approximate surface area is 121 Å². The topological polar surface area (TPSA) is 95.6 Å². The van der Waals surface area contributed by atoms with Gasteiger partial charge in [-0.3, -0.25) is 29.4 Å². The highest BCUT2D eigenvalue weighted by atomic mass is 16.2. The van der Waals surface area contributed by atoms with Crippen LogP contribution in [-0.2, 0) is 19.2 Å². The highest BCUT2D eigenvalue weighted by Gasteiger charge is 2.45. The molecule has 3 aliphatic rings. The van der Waals surface area contributed by atoms with E-state index in [1.807, 2.05) is 0 Å². The van der Waals surface area contributed by atoms with E-state index in [2.05, 4.69) is 10.6 Å². The molecule has 1 unspecified atom stereocenters. The fourth-order valence-electron chi connectivity index (χ4n) is 2.92. The molecule has 0 bridgehead atoms. The van der Waals surface area contributed by atoms with Crippen LogP contribution in [0.15, 0.2) is 22.9 Å². The lowest BCUT2D eigenvalue weighted by Gasteiger charge is -2.28. The second-order valence-corrected chi connectivity index (χ2v) is 5.26. The van der Waals surface area contributed by atoms with E-state index in [0.29, 0.717) is 24.0 Å². The van der Waals surface area contributed by atoms with Crippen LogP contribution in [0.1, 0.15) is 25.7 Å². The second kappa shape index (κ2) is 4.83. The van der Waals surface area contributed by atoms with Crippen LogP contribution in [0.5, 0.6) is 0 Å². The van der Waals surface area contributed by atoms with Gasteiger partial charge in [0, 0.05) is 24.7 Å². The first kappa shape index (κ1) is 13.5. The van der Waals surface area contributed by atoms with Gasteiger partial charge in [0.05, 0.1) is 5.57 Å². The molecule has 0 aromatic rings. The molecule has 0 saturated carbocycles. The number of nitrogens with zero attached hydrogens (tertiary/aromatic N) is 1. The van der Waals surface area contributed by atoms with Gasteiger partial charge in [-0.05, 0) is 25.3 Å². The van der Waals surface area contributed by atoms with Gasteiger partial charge in [0.2, 0.25) is 11.8 Å². The summed E-state index contributed by atoms with van der Waals surface area (Å²) in [6, 6.07) is -0.889. The molecule has 4 amide bonds. The zero-order chi connectivity index (χ0) is 15.1. The van der Waals surface area contributed by atoms with Gasteiger partial charge in [0.1, 0.15) is 6.04 Å². The Kier molecular flexibility index (Phi) is 3.12. The van der Waals surface area contributed by atoms with E-state index in [9.17, 15) is 19.2 Å². The number of amides is 4. The lowest BCUT2D eigenvalue weighted by Crippen LogP contribution is -2.54. The molecule has 7 heteroatoms. The number of piperidine rings is 1. The van der Waals surface area contributed by atoms with Crippen molar-refractivity contribution in [2.45, 2.75) is 31.7 Å². The molecular weight excluding hydrogens is 274 g/mol. The maximum absolute atomic E-state index is 12.4. The normalized spacial score (nSPS) is 25.9. The van der Waals surface area contributed by atoms with Gasteiger partial charge < -0.3 is 5.32 Å². The zero-order valence-corrected chi connectivity index (χ0v) is 11.6. The van der Waals surface area contributed by atoms with Crippen LogP contribution in [-0.4, -0.2) is 41.6 Å². The lowest BCUT2D eigenvalue weighted by atomic mass is 9.97. The molecule has 2 heterocycles. The molecule has 0 spiro atoms. The van der Waals surface area contributed by atoms with Gasteiger partial charge in [0.15, 0.2) is 0 Å². The zero-order valence-electron chi connectivity index (χ0n) is 11.6. The van der Waals surface area contributed by atoms with Crippen molar-refractivity contribution >= 4 is 23.6 Å². The van der Waals surface area contributed by atoms with Crippen LogP contribution in [0.3, 0.4) is 0 Å². The minimum atomic E-state index is -0.889. The lowest BCUT2D eigenvalue weighted by molar-refractivity contribution is -0.150. The molecule has 3 rings (SSSR count). The molecule has 1 fully saturated rings. The minimum Gasteiger partial charge on any atom is -0.391 e. The summed E-state index contributed by atoms with van der Waals surface area (Å²) in [5.41, 5.74) is 1.71. The van der Waals surface area contributed by atoms with Gasteiger partial charge in [0.25, 0.3) is 11.8 Å². The molecule has 1 saturated heterocycles. The van der Waals surface area contributed by atoms with Crippen molar-refractivity contribution in [2.75, 3.05) is 7.05 Å². The van der Waals surface area contributed by atoms with Crippen molar-refractivity contribution in [2.24, 2.45) is 0 Å². The van der Waals surface area contributed by atoms with Crippen molar-refractivity contribution in [3.63, 3.8) is 0 Å². The molecule has 0 aromatic heterocycles. The standard InChI is InChI=1S/C14H15N3O4/c1-15-7-2-3-8-9(6-7)14(21)17(13(8)20)10-4-5-11(18)16-12(10)19/h6,10,15H,2-5H2,1H3,(H,16,18,19). The third-order valence-electron chi connectivity index (χ3n) is 4.06. The number of allylic oxidation sites excluding steroid dienone is 1. The molecule has 110 valence electrons.